The van der Waals surface area contributed by atoms with Crippen molar-refractivity contribution < 1.29 is 28.4 Å². The highest BCUT2D eigenvalue weighted by Crippen LogP contribution is 2.47. The number of ether oxygens (including phenoxy) is 6. The molecule has 318 valence electrons. The number of hydrogen-bond donors (Lipinski definition) is 0. The van der Waals surface area contributed by atoms with E-state index < -0.39 is 0 Å². The lowest BCUT2D eigenvalue weighted by Gasteiger charge is -2.17. The quantitative estimate of drug-likeness (QED) is 0.0656. The molecule has 6 nitrogen and oxygen atoms in total. The molecular weight excluding hydrogens is 709 g/mol. The van der Waals surface area contributed by atoms with Crippen LogP contribution in [0.2, 0.25) is 0 Å². The second-order valence-electron chi connectivity index (χ2n) is 20.7. The highest BCUT2D eigenvalue weighted by atomic mass is 16.6. The summed E-state index contributed by atoms with van der Waals surface area (Å²) >= 11 is 0. The van der Waals surface area contributed by atoms with Crippen molar-refractivity contribution >= 4 is 0 Å². The molecule has 4 saturated carbocycles. The van der Waals surface area contributed by atoms with Gasteiger partial charge in [0, 0.05) is 6.61 Å². The Morgan fingerprint density at radius 1 is 0.333 bits per heavy atom. The molecule has 57 heavy (non-hydrogen) atoms. The highest BCUT2D eigenvalue weighted by Gasteiger charge is 2.38. The molecule has 4 aliphatic heterocycles. The average molecular weight is 787 g/mol. The van der Waals surface area contributed by atoms with Gasteiger partial charge in [0.25, 0.3) is 0 Å². The van der Waals surface area contributed by atoms with E-state index in [1.165, 1.54) is 122 Å². The van der Waals surface area contributed by atoms with Gasteiger partial charge in [-0.25, -0.2) is 0 Å². The predicted octanol–water partition coefficient (Wildman–Crippen LogP) is 10.7. The summed E-state index contributed by atoms with van der Waals surface area (Å²) in [5, 5.41) is 0. The van der Waals surface area contributed by atoms with E-state index in [4.69, 9.17) is 28.4 Å². The standard InChI is InChI=1S/C15H24O.C13H20O.C12H18O2.C11H16O2/c1(2-4-6-15-11-16-15)3-5-13-9-12-7-8-14(13)10-12;1(2-4-13-9-14-13)3-11-7-10-5-6-12(11)8-10;1-2-10-5-9(1)6-11(10)3-4-13-7-12-8-14-12;1-2-9-3-8(1)4-10(9)5-12-6-11-7-13-11/h7-8,12-15H,1-6,9-11H2;5-6,10-13H,1-4,7-9H2;1-2,9-12H,3-8H2;1-2,8-11H,3-7H2. The van der Waals surface area contributed by atoms with Gasteiger partial charge in [-0.15, -0.1) is 0 Å². The predicted molar refractivity (Wildman–Crippen MR) is 227 cm³/mol. The summed E-state index contributed by atoms with van der Waals surface area (Å²) in [6.45, 7) is 7.42. The van der Waals surface area contributed by atoms with Gasteiger partial charge in [-0.05, 0) is 154 Å². The Bertz CT molecular complexity index is 1290. The second kappa shape index (κ2) is 20.5. The number of rotatable bonds is 21. The molecule has 0 aromatic heterocycles. The van der Waals surface area contributed by atoms with Crippen molar-refractivity contribution in [2.45, 2.75) is 146 Å². The topological polar surface area (TPSA) is 68.6 Å². The molecule has 0 N–H and O–H groups in total. The molecule has 0 amide bonds. The molecule has 12 rings (SSSR count). The smallest absolute Gasteiger partial charge is 0.104 e. The van der Waals surface area contributed by atoms with Crippen LogP contribution >= 0.6 is 0 Å². The van der Waals surface area contributed by atoms with Crippen LogP contribution in [-0.2, 0) is 28.4 Å². The summed E-state index contributed by atoms with van der Waals surface area (Å²) in [6, 6.07) is 0. The first kappa shape index (κ1) is 41.1. The van der Waals surface area contributed by atoms with Crippen molar-refractivity contribution in [3.8, 4) is 0 Å². The van der Waals surface area contributed by atoms with E-state index in [2.05, 4.69) is 48.6 Å². The van der Waals surface area contributed by atoms with Gasteiger partial charge in [0.2, 0.25) is 0 Å². The molecule has 0 radical (unpaired) electrons. The highest BCUT2D eigenvalue weighted by molar-refractivity contribution is 5.12. The van der Waals surface area contributed by atoms with Crippen molar-refractivity contribution in [2.75, 3.05) is 52.9 Å². The fraction of sp³-hybridized carbons (Fsp3) is 0.843. The number of fused-ring (bicyclic) bond motifs is 8. The Kier molecular flexibility index (Phi) is 14.8. The van der Waals surface area contributed by atoms with Crippen LogP contribution < -0.4 is 0 Å². The SMILES string of the molecule is C1=CC2CC1CC2CCCCC1CO1.C1=CC2CC1CC2CCCCCCC1CO1.C1=CC2CC1CC2CCOCC1CO1.C1=CC2CC1CC2COCC1CO1. The van der Waals surface area contributed by atoms with Crippen LogP contribution in [0.3, 0.4) is 0 Å². The molecule has 0 spiro atoms. The number of hydrogen-bond acceptors (Lipinski definition) is 6. The summed E-state index contributed by atoms with van der Waals surface area (Å²) < 4.78 is 31.8. The summed E-state index contributed by atoms with van der Waals surface area (Å²) in [4.78, 5) is 0. The van der Waals surface area contributed by atoms with E-state index in [1.807, 2.05) is 0 Å². The fourth-order valence-electron chi connectivity index (χ4n) is 12.3. The van der Waals surface area contributed by atoms with Crippen molar-refractivity contribution in [2.24, 2.45) is 71.0 Å². The summed E-state index contributed by atoms with van der Waals surface area (Å²) in [5.74, 6) is 11.1. The van der Waals surface area contributed by atoms with E-state index >= 15 is 0 Å². The average Bonchev–Trinajstić information content (AvgIpc) is 4.22. The first-order valence-corrected chi connectivity index (χ1v) is 24.5. The van der Waals surface area contributed by atoms with E-state index in [1.54, 1.807) is 0 Å². The van der Waals surface area contributed by atoms with Crippen molar-refractivity contribution in [3.05, 3.63) is 48.6 Å². The van der Waals surface area contributed by atoms with Gasteiger partial charge in [-0.3, -0.25) is 0 Å². The molecule has 8 aliphatic carbocycles. The summed E-state index contributed by atoms with van der Waals surface area (Å²) in [7, 11) is 0. The van der Waals surface area contributed by atoms with Crippen LogP contribution in [0.25, 0.3) is 0 Å². The molecule has 0 aromatic rings. The van der Waals surface area contributed by atoms with Gasteiger partial charge in [0.05, 0.1) is 58.5 Å². The molecular formula is C51H78O6. The summed E-state index contributed by atoms with van der Waals surface area (Å²) in [6.07, 6.45) is 48.5. The van der Waals surface area contributed by atoms with Crippen LogP contribution in [0.1, 0.15) is 122 Å². The van der Waals surface area contributed by atoms with E-state index in [9.17, 15) is 0 Å². The minimum absolute atomic E-state index is 0.425. The van der Waals surface area contributed by atoms with Gasteiger partial charge in [0.15, 0.2) is 0 Å². The Morgan fingerprint density at radius 2 is 0.702 bits per heavy atom. The molecule has 0 aromatic carbocycles. The lowest BCUT2D eigenvalue weighted by molar-refractivity contribution is 0.0784. The molecule has 8 bridgehead atoms. The first-order chi connectivity index (χ1) is 28.2. The van der Waals surface area contributed by atoms with Crippen LogP contribution in [0.4, 0.5) is 0 Å². The number of unbranched alkanes of at least 4 members (excludes halogenated alkanes) is 4. The Hall–Kier alpha value is -1.28. The number of epoxide rings is 4. The molecule has 16 unspecified atom stereocenters. The first-order valence-electron chi connectivity index (χ1n) is 24.5. The monoisotopic (exact) mass is 787 g/mol. The normalized spacial score (nSPS) is 42.9. The van der Waals surface area contributed by atoms with Gasteiger partial charge < -0.3 is 28.4 Å². The van der Waals surface area contributed by atoms with Crippen molar-refractivity contribution in [3.63, 3.8) is 0 Å². The zero-order valence-corrected chi connectivity index (χ0v) is 35.4. The van der Waals surface area contributed by atoms with Crippen molar-refractivity contribution in [1.82, 2.24) is 0 Å². The molecule has 6 heteroatoms. The van der Waals surface area contributed by atoms with Crippen LogP contribution in [0.5, 0.6) is 0 Å². The molecule has 4 heterocycles. The Morgan fingerprint density at radius 3 is 1.11 bits per heavy atom. The van der Waals surface area contributed by atoms with Crippen LogP contribution in [0, 0.1) is 71.0 Å². The van der Waals surface area contributed by atoms with E-state index in [0.29, 0.717) is 24.4 Å². The zero-order chi connectivity index (χ0) is 38.2. The fourth-order valence-corrected chi connectivity index (χ4v) is 12.3. The molecule has 4 saturated heterocycles. The van der Waals surface area contributed by atoms with E-state index in [-0.39, 0.29) is 0 Å². The van der Waals surface area contributed by atoms with Gasteiger partial charge in [0.1, 0.15) is 12.2 Å². The lowest BCUT2D eigenvalue weighted by atomic mass is 9.88. The molecule has 16 atom stereocenters. The lowest BCUT2D eigenvalue weighted by Crippen LogP contribution is -2.16. The maximum atomic E-state index is 5.64. The van der Waals surface area contributed by atoms with Gasteiger partial charge in [-0.2, -0.15) is 0 Å². The van der Waals surface area contributed by atoms with Crippen LogP contribution in [-0.4, -0.2) is 77.3 Å². The van der Waals surface area contributed by atoms with Gasteiger partial charge >= 0.3 is 0 Å². The zero-order valence-electron chi connectivity index (χ0n) is 35.4. The van der Waals surface area contributed by atoms with Gasteiger partial charge in [-0.1, -0.05) is 87.1 Å². The maximum absolute atomic E-state index is 5.64. The largest absolute Gasteiger partial charge is 0.379 e. The van der Waals surface area contributed by atoms with Crippen molar-refractivity contribution in [1.29, 1.82) is 0 Å². The third kappa shape index (κ3) is 13.1. The third-order valence-electron chi connectivity index (χ3n) is 16.0. The third-order valence-corrected chi connectivity index (χ3v) is 16.0. The Balaban J connectivity index is 0.0000000991. The second-order valence-corrected chi connectivity index (χ2v) is 20.7. The number of allylic oxidation sites excluding steroid dienone is 8. The maximum Gasteiger partial charge on any atom is 0.104 e. The molecule has 8 fully saturated rings. The Labute approximate surface area is 346 Å². The van der Waals surface area contributed by atoms with Crippen LogP contribution in [0.15, 0.2) is 48.6 Å². The van der Waals surface area contributed by atoms with E-state index in [0.717, 1.165) is 124 Å². The minimum atomic E-state index is 0.425. The molecule has 12 aliphatic rings. The minimum Gasteiger partial charge on any atom is -0.379 e. The summed E-state index contributed by atoms with van der Waals surface area (Å²) in [5.41, 5.74) is 0.